The Balaban J connectivity index is 2.45. The lowest BCUT2D eigenvalue weighted by Crippen LogP contribution is -2.13. The van der Waals surface area contributed by atoms with E-state index in [1.165, 1.54) is 6.42 Å². The molecule has 1 N–H and O–H groups in total. The van der Waals surface area contributed by atoms with E-state index in [1.807, 2.05) is 0 Å². The number of rotatable bonds is 0. The predicted octanol–water partition coefficient (Wildman–Crippen LogP) is 1.81. The maximum Gasteiger partial charge on any atom is 0.111 e. The summed E-state index contributed by atoms with van der Waals surface area (Å²) < 4.78 is 0. The Morgan fingerprint density at radius 3 is 2.69 bits per heavy atom. The van der Waals surface area contributed by atoms with Crippen LogP contribution in [0.3, 0.4) is 0 Å². The Kier molecular flexibility index (Phi) is 3.87. The molecule has 0 bridgehead atoms. The van der Waals surface area contributed by atoms with Crippen molar-refractivity contribution in [1.82, 2.24) is 0 Å². The Labute approximate surface area is 80.5 Å². The highest BCUT2D eigenvalue weighted by molar-refractivity contribution is 5.10. The number of terminal acetylenes is 1. The molecule has 0 aliphatic heterocycles. The minimum absolute atomic E-state index is 0.405. The fraction of sp³-hybridized carbons (Fsp3) is 0.667. The molecule has 0 aromatic heterocycles. The molecule has 1 heteroatoms. The molecule has 1 fully saturated rings. The van der Waals surface area contributed by atoms with Gasteiger partial charge in [-0.2, -0.15) is 0 Å². The molecule has 0 radical (unpaired) electrons. The molecule has 0 aromatic rings. The van der Waals surface area contributed by atoms with Crippen molar-refractivity contribution in [3.05, 3.63) is 0 Å². The molecule has 0 amide bonds. The molecule has 0 aromatic carbocycles. The van der Waals surface area contributed by atoms with Crippen molar-refractivity contribution in [2.45, 2.75) is 38.7 Å². The van der Waals surface area contributed by atoms with Gasteiger partial charge in [-0.15, -0.1) is 12.3 Å². The van der Waals surface area contributed by atoms with Gasteiger partial charge in [0.05, 0.1) is 0 Å². The van der Waals surface area contributed by atoms with Crippen molar-refractivity contribution in [1.29, 1.82) is 0 Å². The summed E-state index contributed by atoms with van der Waals surface area (Å²) in [5.74, 6) is 9.49. The summed E-state index contributed by atoms with van der Waals surface area (Å²) in [6, 6.07) is 0. The van der Waals surface area contributed by atoms with E-state index in [1.54, 1.807) is 6.92 Å². The normalized spacial score (nSPS) is 29.6. The maximum atomic E-state index is 8.99. The zero-order valence-electron chi connectivity index (χ0n) is 8.09. The van der Waals surface area contributed by atoms with Crippen LogP contribution in [0.2, 0.25) is 0 Å². The zero-order chi connectivity index (χ0) is 9.68. The van der Waals surface area contributed by atoms with Gasteiger partial charge in [-0.1, -0.05) is 18.3 Å². The molecule has 0 spiro atoms. The minimum Gasteiger partial charge on any atom is -0.381 e. The molecule has 1 aliphatic rings. The largest absolute Gasteiger partial charge is 0.381 e. The van der Waals surface area contributed by atoms with E-state index in [9.17, 15) is 0 Å². The third-order valence-electron chi connectivity index (χ3n) is 2.41. The molecule has 0 saturated heterocycles. The van der Waals surface area contributed by atoms with Gasteiger partial charge in [0.2, 0.25) is 0 Å². The highest BCUT2D eigenvalue weighted by Gasteiger charge is 2.18. The van der Waals surface area contributed by atoms with Gasteiger partial charge in [0.15, 0.2) is 0 Å². The van der Waals surface area contributed by atoms with Gasteiger partial charge in [-0.25, -0.2) is 0 Å². The highest BCUT2D eigenvalue weighted by Crippen LogP contribution is 2.27. The SMILES string of the molecule is C#CC1CCCC(C#CC(C)O)C1. The van der Waals surface area contributed by atoms with E-state index in [0.717, 1.165) is 19.3 Å². The smallest absolute Gasteiger partial charge is 0.111 e. The number of hydrogen-bond acceptors (Lipinski definition) is 1. The van der Waals surface area contributed by atoms with Gasteiger partial charge in [0.25, 0.3) is 0 Å². The first kappa shape index (κ1) is 10.2. The molecule has 1 saturated carbocycles. The van der Waals surface area contributed by atoms with Crippen LogP contribution < -0.4 is 0 Å². The zero-order valence-corrected chi connectivity index (χ0v) is 8.09. The van der Waals surface area contributed by atoms with Gasteiger partial charge in [0.1, 0.15) is 6.10 Å². The first-order valence-corrected chi connectivity index (χ1v) is 4.87. The highest BCUT2D eigenvalue weighted by atomic mass is 16.3. The van der Waals surface area contributed by atoms with Crippen molar-refractivity contribution in [2.75, 3.05) is 0 Å². The van der Waals surface area contributed by atoms with Crippen LogP contribution in [-0.2, 0) is 0 Å². The summed E-state index contributed by atoms with van der Waals surface area (Å²) in [5, 5.41) is 8.99. The maximum absolute atomic E-state index is 8.99. The first-order chi connectivity index (χ1) is 6.22. The van der Waals surface area contributed by atoms with Crippen LogP contribution in [0.15, 0.2) is 0 Å². The quantitative estimate of drug-likeness (QED) is 0.558. The second-order valence-electron chi connectivity index (χ2n) is 3.69. The molecule has 70 valence electrons. The van der Waals surface area contributed by atoms with Gasteiger partial charge in [-0.05, 0) is 26.2 Å². The van der Waals surface area contributed by atoms with Crippen LogP contribution in [0.4, 0.5) is 0 Å². The number of aliphatic hydroxyl groups is 1. The number of aliphatic hydroxyl groups excluding tert-OH is 1. The Morgan fingerprint density at radius 1 is 1.38 bits per heavy atom. The minimum atomic E-state index is -0.508. The molecule has 0 heterocycles. The third kappa shape index (κ3) is 3.53. The lowest BCUT2D eigenvalue weighted by atomic mass is 9.82. The van der Waals surface area contributed by atoms with Gasteiger partial charge in [0, 0.05) is 11.8 Å². The monoisotopic (exact) mass is 176 g/mol. The Hall–Kier alpha value is -0.920. The number of hydrogen-bond donors (Lipinski definition) is 1. The standard InChI is InChI=1S/C12H16O/c1-3-11-5-4-6-12(9-11)8-7-10(2)13/h1,10-13H,4-6,9H2,2H3. The van der Waals surface area contributed by atoms with Crippen LogP contribution in [-0.4, -0.2) is 11.2 Å². The fourth-order valence-electron chi connectivity index (χ4n) is 1.71. The van der Waals surface area contributed by atoms with Crippen molar-refractivity contribution < 1.29 is 5.11 Å². The second-order valence-corrected chi connectivity index (χ2v) is 3.69. The van der Waals surface area contributed by atoms with Crippen molar-refractivity contribution in [3.8, 4) is 24.2 Å². The van der Waals surface area contributed by atoms with Crippen LogP contribution in [0, 0.1) is 36.0 Å². The van der Waals surface area contributed by atoms with E-state index in [-0.39, 0.29) is 0 Å². The molecule has 1 nitrogen and oxygen atoms in total. The van der Waals surface area contributed by atoms with E-state index in [4.69, 9.17) is 11.5 Å². The summed E-state index contributed by atoms with van der Waals surface area (Å²) in [6.07, 6.45) is 9.33. The summed E-state index contributed by atoms with van der Waals surface area (Å²) in [4.78, 5) is 0. The van der Waals surface area contributed by atoms with E-state index >= 15 is 0 Å². The second kappa shape index (κ2) is 4.95. The third-order valence-corrected chi connectivity index (χ3v) is 2.41. The molecule has 3 unspecified atom stereocenters. The van der Waals surface area contributed by atoms with Crippen molar-refractivity contribution in [2.24, 2.45) is 11.8 Å². The lowest BCUT2D eigenvalue weighted by Gasteiger charge is -2.21. The summed E-state index contributed by atoms with van der Waals surface area (Å²) in [6.45, 7) is 1.69. The van der Waals surface area contributed by atoms with E-state index < -0.39 is 6.10 Å². The molecule has 13 heavy (non-hydrogen) atoms. The van der Waals surface area contributed by atoms with E-state index in [2.05, 4.69) is 17.8 Å². The molecular weight excluding hydrogens is 160 g/mol. The topological polar surface area (TPSA) is 20.2 Å². The fourth-order valence-corrected chi connectivity index (χ4v) is 1.71. The van der Waals surface area contributed by atoms with Crippen LogP contribution in [0.1, 0.15) is 32.6 Å². The summed E-state index contributed by atoms with van der Waals surface area (Å²) >= 11 is 0. The molecule has 1 rings (SSSR count). The van der Waals surface area contributed by atoms with Crippen molar-refractivity contribution >= 4 is 0 Å². The summed E-state index contributed by atoms with van der Waals surface area (Å²) in [7, 11) is 0. The van der Waals surface area contributed by atoms with Crippen LogP contribution in [0.25, 0.3) is 0 Å². The van der Waals surface area contributed by atoms with E-state index in [0.29, 0.717) is 11.8 Å². The van der Waals surface area contributed by atoms with Gasteiger partial charge >= 0.3 is 0 Å². The summed E-state index contributed by atoms with van der Waals surface area (Å²) in [5.41, 5.74) is 0. The lowest BCUT2D eigenvalue weighted by molar-refractivity contribution is 0.252. The van der Waals surface area contributed by atoms with Gasteiger partial charge < -0.3 is 5.11 Å². The molecule has 1 aliphatic carbocycles. The molecule has 3 atom stereocenters. The van der Waals surface area contributed by atoms with Gasteiger partial charge in [-0.3, -0.25) is 0 Å². The first-order valence-electron chi connectivity index (χ1n) is 4.87. The Morgan fingerprint density at radius 2 is 2.08 bits per heavy atom. The van der Waals surface area contributed by atoms with Crippen LogP contribution >= 0.6 is 0 Å². The van der Waals surface area contributed by atoms with Crippen molar-refractivity contribution in [3.63, 3.8) is 0 Å². The Bertz CT molecular complexity index is 249. The van der Waals surface area contributed by atoms with Crippen LogP contribution in [0.5, 0.6) is 0 Å². The average molecular weight is 176 g/mol. The average Bonchev–Trinajstić information content (AvgIpc) is 2.15. The predicted molar refractivity (Wildman–Crippen MR) is 53.7 cm³/mol. The molecular formula is C12H16O.